The number of benzene rings is 1. The summed E-state index contributed by atoms with van der Waals surface area (Å²) in [7, 11) is 1.81. The van der Waals surface area contributed by atoms with E-state index in [4.69, 9.17) is 9.47 Å². The highest BCUT2D eigenvalue weighted by Gasteiger charge is 2.66. The Morgan fingerprint density at radius 1 is 1.17 bits per heavy atom. The summed E-state index contributed by atoms with van der Waals surface area (Å²) in [5, 5.41) is 23.2. The van der Waals surface area contributed by atoms with E-state index in [1.165, 1.54) is 30.5 Å². The molecule has 2 aliphatic heterocycles. The van der Waals surface area contributed by atoms with E-state index < -0.39 is 5.60 Å². The summed E-state index contributed by atoms with van der Waals surface area (Å²) in [6.07, 6.45) is 5.40. The minimum Gasteiger partial charge on any atom is -0.504 e. The van der Waals surface area contributed by atoms with Crippen LogP contribution in [0.25, 0.3) is 0 Å². The maximum absolute atomic E-state index is 12.2. The molecule has 0 amide bonds. The molecular weight excluding hydrogens is 450 g/mol. The average molecular weight is 498 g/mol. The normalized spacial score (nSPS) is 41.6. The third-order valence-electron chi connectivity index (χ3n) is 11.8. The van der Waals surface area contributed by atoms with Crippen LogP contribution >= 0.6 is 0 Å². The Kier molecular flexibility index (Phi) is 5.63. The maximum Gasteiger partial charge on any atom is 0.165 e. The van der Waals surface area contributed by atoms with Crippen LogP contribution in [0.3, 0.4) is 0 Å². The van der Waals surface area contributed by atoms with Crippen molar-refractivity contribution in [3.63, 3.8) is 0 Å². The van der Waals surface area contributed by atoms with E-state index in [9.17, 15) is 10.2 Å². The molecule has 3 fully saturated rings. The van der Waals surface area contributed by atoms with Crippen molar-refractivity contribution in [1.82, 2.24) is 4.90 Å². The Morgan fingerprint density at radius 3 is 2.53 bits per heavy atom. The SMILES string of the molecule is COC1[C@H](C)[C@@H](C(C)(O)C(C)(C)C)CC2[C@H]3Cc4ccc(O)c5c4[C@](CCN3CC3CC3)([C@H]2C)[C@H]1O5. The lowest BCUT2D eigenvalue weighted by atomic mass is 9.53. The first-order valence-corrected chi connectivity index (χ1v) is 14.4. The Balaban J connectivity index is 1.57. The lowest BCUT2D eigenvalue weighted by molar-refractivity contribution is -0.163. The Bertz CT molecular complexity index is 1030. The van der Waals surface area contributed by atoms with Gasteiger partial charge in [-0.25, -0.2) is 0 Å². The Hall–Kier alpha value is -1.30. The predicted molar refractivity (Wildman–Crippen MR) is 141 cm³/mol. The van der Waals surface area contributed by atoms with E-state index >= 15 is 0 Å². The van der Waals surface area contributed by atoms with Crippen molar-refractivity contribution < 1.29 is 19.7 Å². The van der Waals surface area contributed by atoms with Gasteiger partial charge in [-0.2, -0.15) is 0 Å². The second-order valence-electron chi connectivity index (χ2n) is 14.2. The van der Waals surface area contributed by atoms with Crippen molar-refractivity contribution in [2.24, 2.45) is 35.0 Å². The van der Waals surface area contributed by atoms with E-state index in [1.54, 1.807) is 0 Å². The number of hydrogen-bond acceptors (Lipinski definition) is 5. The molecule has 0 radical (unpaired) electrons. The summed E-state index contributed by atoms with van der Waals surface area (Å²) in [5.74, 6) is 2.79. The predicted octanol–water partition coefficient (Wildman–Crippen LogP) is 5.15. The second-order valence-corrected chi connectivity index (χ2v) is 14.2. The largest absolute Gasteiger partial charge is 0.504 e. The molecule has 3 unspecified atom stereocenters. The molecule has 9 atom stereocenters. The van der Waals surface area contributed by atoms with E-state index in [0.29, 0.717) is 23.6 Å². The molecule has 3 bridgehead atoms. The number of aromatic hydroxyl groups is 1. The van der Waals surface area contributed by atoms with Crippen molar-refractivity contribution in [2.75, 3.05) is 20.2 Å². The quantitative estimate of drug-likeness (QED) is 0.602. The van der Waals surface area contributed by atoms with Crippen LogP contribution in [-0.4, -0.2) is 59.2 Å². The minimum atomic E-state index is -0.857. The van der Waals surface area contributed by atoms with Gasteiger partial charge in [-0.1, -0.05) is 40.7 Å². The second kappa shape index (κ2) is 8.10. The van der Waals surface area contributed by atoms with Crippen LogP contribution < -0.4 is 4.74 Å². The first-order chi connectivity index (χ1) is 16.9. The number of methoxy groups -OCH3 is 1. The van der Waals surface area contributed by atoms with E-state index in [1.807, 2.05) is 13.2 Å². The molecule has 200 valence electrons. The highest BCUT2D eigenvalue weighted by atomic mass is 16.5. The molecule has 36 heavy (non-hydrogen) atoms. The fraction of sp³-hybridized carbons (Fsp3) is 0.806. The van der Waals surface area contributed by atoms with Gasteiger partial charge in [-0.3, -0.25) is 4.90 Å². The summed E-state index contributed by atoms with van der Waals surface area (Å²) in [4.78, 5) is 2.82. The molecule has 1 aromatic rings. The Morgan fingerprint density at radius 2 is 1.89 bits per heavy atom. The first kappa shape index (κ1) is 25.0. The van der Waals surface area contributed by atoms with Crippen molar-refractivity contribution >= 4 is 0 Å². The monoisotopic (exact) mass is 497 g/mol. The third-order valence-corrected chi connectivity index (χ3v) is 11.8. The molecule has 1 spiro atoms. The number of rotatable bonds is 4. The number of nitrogens with zero attached hydrogens (tertiary/aromatic N) is 1. The van der Waals surface area contributed by atoms with Gasteiger partial charge in [0.25, 0.3) is 0 Å². The highest BCUT2D eigenvalue weighted by Crippen LogP contribution is 2.64. The molecule has 5 heteroatoms. The fourth-order valence-corrected chi connectivity index (χ4v) is 8.98. The maximum atomic E-state index is 12.2. The molecule has 3 aliphatic carbocycles. The van der Waals surface area contributed by atoms with Crippen molar-refractivity contribution in [1.29, 1.82) is 0 Å². The molecule has 6 rings (SSSR count). The van der Waals surface area contributed by atoms with Gasteiger partial charge in [0, 0.05) is 30.7 Å². The Labute approximate surface area is 217 Å². The summed E-state index contributed by atoms with van der Waals surface area (Å²) in [6, 6.07) is 4.47. The van der Waals surface area contributed by atoms with Gasteiger partial charge in [0.1, 0.15) is 6.10 Å². The molecule has 1 aromatic carbocycles. The van der Waals surface area contributed by atoms with Crippen LogP contribution in [0.5, 0.6) is 11.5 Å². The molecule has 2 N–H and O–H groups in total. The van der Waals surface area contributed by atoms with E-state index in [-0.39, 0.29) is 40.6 Å². The molecule has 1 saturated heterocycles. The van der Waals surface area contributed by atoms with Crippen molar-refractivity contribution in [3.05, 3.63) is 23.3 Å². The van der Waals surface area contributed by atoms with Crippen molar-refractivity contribution in [2.45, 2.75) is 103 Å². The van der Waals surface area contributed by atoms with Gasteiger partial charge >= 0.3 is 0 Å². The van der Waals surface area contributed by atoms with E-state index in [0.717, 1.165) is 31.7 Å². The van der Waals surface area contributed by atoms with Crippen molar-refractivity contribution in [3.8, 4) is 11.5 Å². The smallest absolute Gasteiger partial charge is 0.165 e. The lowest BCUT2D eigenvalue weighted by Crippen LogP contribution is -2.61. The number of phenolic OH excluding ortho intramolecular Hbond substituents is 1. The van der Waals surface area contributed by atoms with Crippen LogP contribution in [-0.2, 0) is 16.6 Å². The summed E-state index contributed by atoms with van der Waals surface area (Å²) in [5.41, 5.74) is 1.32. The zero-order valence-corrected chi connectivity index (χ0v) is 23.4. The molecular formula is C31H47NO4. The van der Waals surface area contributed by atoms with Gasteiger partial charge in [0.2, 0.25) is 0 Å². The van der Waals surface area contributed by atoms with E-state index in [2.05, 4.69) is 52.5 Å². The zero-order valence-electron chi connectivity index (χ0n) is 23.4. The van der Waals surface area contributed by atoms with Crippen LogP contribution in [0, 0.1) is 35.0 Å². The first-order valence-electron chi connectivity index (χ1n) is 14.4. The molecule has 2 saturated carbocycles. The van der Waals surface area contributed by atoms with Crippen LogP contribution in [0.1, 0.15) is 78.4 Å². The van der Waals surface area contributed by atoms with Gasteiger partial charge < -0.3 is 19.7 Å². The minimum absolute atomic E-state index is 0.0741. The number of ether oxygens (including phenoxy) is 2. The topological polar surface area (TPSA) is 62.2 Å². The molecule has 2 heterocycles. The van der Waals surface area contributed by atoms with Gasteiger partial charge in [-0.15, -0.1) is 0 Å². The third kappa shape index (κ3) is 3.31. The summed E-state index contributed by atoms with van der Waals surface area (Å²) < 4.78 is 13.2. The molecule has 5 aliphatic rings. The van der Waals surface area contributed by atoms with Crippen LogP contribution in [0.2, 0.25) is 0 Å². The molecule has 5 nitrogen and oxygen atoms in total. The number of likely N-dealkylation sites (tertiary alicyclic amines) is 1. The summed E-state index contributed by atoms with van der Waals surface area (Å²) in [6.45, 7) is 15.6. The van der Waals surface area contributed by atoms with Gasteiger partial charge in [0.15, 0.2) is 11.5 Å². The highest BCUT2D eigenvalue weighted by molar-refractivity contribution is 5.59. The lowest BCUT2D eigenvalue weighted by Gasteiger charge is -2.54. The van der Waals surface area contributed by atoms with Gasteiger partial charge in [0.05, 0.1) is 11.7 Å². The van der Waals surface area contributed by atoms with Crippen LogP contribution in [0.15, 0.2) is 12.1 Å². The summed E-state index contributed by atoms with van der Waals surface area (Å²) >= 11 is 0. The number of phenols is 1. The molecule has 0 aromatic heterocycles. The number of hydrogen-bond donors (Lipinski definition) is 2. The fourth-order valence-electron chi connectivity index (χ4n) is 8.98. The van der Waals surface area contributed by atoms with Crippen LogP contribution in [0.4, 0.5) is 0 Å². The number of aliphatic hydroxyl groups is 1. The average Bonchev–Trinajstić information content (AvgIpc) is 3.58. The standard InChI is InChI=1S/C31H47NO4/c1-17-22(30(6,34)29(3,4)5)15-21-18(2)31-12-13-32(16-19-8-9-19)23(21)14-20-10-11-24(33)27(25(20)31)36-28(31)26(17)35-7/h10-11,17-19,21-23,26,28,33-34H,8-9,12-16H2,1-7H3/t17-,18+,21?,22+,23-,26?,28+,30?,31+/m1/s1. The zero-order chi connectivity index (χ0) is 25.8. The van der Waals surface area contributed by atoms with Gasteiger partial charge in [-0.05, 0) is 92.2 Å².